The van der Waals surface area contributed by atoms with E-state index < -0.39 is 0 Å². The van der Waals surface area contributed by atoms with Crippen LogP contribution in [0.25, 0.3) is 0 Å². The molecule has 0 radical (unpaired) electrons. The van der Waals surface area contributed by atoms with Gasteiger partial charge in [-0.2, -0.15) is 11.8 Å². The number of rotatable bonds is 2. The van der Waals surface area contributed by atoms with Crippen LogP contribution in [0.5, 0.6) is 0 Å². The standard InChI is InChI=1S/C16H21FN2S/c1-12-9-19(10-13(2)20-12)11-15-5-6-16(17)8-14(15)4-3-7-18/h5-6,8,12-13H,7,9-11,18H2,1-2H3. The summed E-state index contributed by atoms with van der Waals surface area (Å²) in [6, 6.07) is 4.85. The first-order valence-electron chi connectivity index (χ1n) is 6.93. The lowest BCUT2D eigenvalue weighted by Crippen LogP contribution is -2.39. The van der Waals surface area contributed by atoms with Gasteiger partial charge >= 0.3 is 0 Å². The lowest BCUT2D eigenvalue weighted by Gasteiger charge is -2.34. The van der Waals surface area contributed by atoms with E-state index in [4.69, 9.17) is 5.73 Å². The summed E-state index contributed by atoms with van der Waals surface area (Å²) in [5, 5.41) is 1.27. The zero-order valence-electron chi connectivity index (χ0n) is 12.0. The number of nitrogens with zero attached hydrogens (tertiary/aromatic N) is 1. The second-order valence-electron chi connectivity index (χ2n) is 5.26. The first kappa shape index (κ1) is 15.4. The molecule has 1 heterocycles. The van der Waals surface area contributed by atoms with Gasteiger partial charge in [0.15, 0.2) is 0 Å². The molecule has 2 unspecified atom stereocenters. The van der Waals surface area contributed by atoms with Gasteiger partial charge in [-0.15, -0.1) is 0 Å². The first-order chi connectivity index (χ1) is 9.58. The Labute approximate surface area is 124 Å². The molecule has 4 heteroatoms. The molecule has 1 aliphatic rings. The fraction of sp³-hybridized carbons (Fsp3) is 0.500. The predicted octanol–water partition coefficient (Wildman–Crippen LogP) is 2.46. The van der Waals surface area contributed by atoms with Crippen molar-refractivity contribution >= 4 is 11.8 Å². The zero-order chi connectivity index (χ0) is 14.5. The molecule has 1 fully saturated rings. The van der Waals surface area contributed by atoms with E-state index in [9.17, 15) is 4.39 Å². The van der Waals surface area contributed by atoms with Gasteiger partial charge in [0.2, 0.25) is 0 Å². The first-order valence-corrected chi connectivity index (χ1v) is 7.88. The number of hydrogen-bond acceptors (Lipinski definition) is 3. The highest BCUT2D eigenvalue weighted by atomic mass is 32.2. The van der Waals surface area contributed by atoms with E-state index in [0.29, 0.717) is 17.0 Å². The van der Waals surface area contributed by atoms with Gasteiger partial charge in [0, 0.05) is 35.7 Å². The van der Waals surface area contributed by atoms with Gasteiger partial charge in [-0.05, 0) is 17.7 Å². The number of halogens is 1. The normalized spacial score (nSPS) is 23.2. The van der Waals surface area contributed by atoms with Crippen LogP contribution in [0.4, 0.5) is 4.39 Å². The van der Waals surface area contributed by atoms with E-state index in [0.717, 1.165) is 30.8 Å². The molecule has 2 nitrogen and oxygen atoms in total. The van der Waals surface area contributed by atoms with Crippen molar-refractivity contribution in [2.45, 2.75) is 30.9 Å². The molecule has 108 valence electrons. The topological polar surface area (TPSA) is 29.3 Å². The average molecular weight is 292 g/mol. The van der Waals surface area contributed by atoms with Crippen molar-refractivity contribution in [2.75, 3.05) is 19.6 Å². The van der Waals surface area contributed by atoms with E-state index in [-0.39, 0.29) is 5.82 Å². The van der Waals surface area contributed by atoms with Crippen molar-refractivity contribution in [2.24, 2.45) is 5.73 Å². The molecule has 2 N–H and O–H groups in total. The molecule has 0 aromatic heterocycles. The second kappa shape index (κ2) is 7.12. The Balaban J connectivity index is 2.16. The van der Waals surface area contributed by atoms with Crippen LogP contribution < -0.4 is 5.73 Å². The smallest absolute Gasteiger partial charge is 0.124 e. The Morgan fingerprint density at radius 3 is 2.70 bits per heavy atom. The fourth-order valence-corrected chi connectivity index (χ4v) is 3.99. The Kier molecular flexibility index (Phi) is 5.47. The predicted molar refractivity (Wildman–Crippen MR) is 84.1 cm³/mol. The van der Waals surface area contributed by atoms with E-state index >= 15 is 0 Å². The van der Waals surface area contributed by atoms with Crippen LogP contribution in [0, 0.1) is 17.7 Å². The van der Waals surface area contributed by atoms with Crippen LogP contribution in [-0.2, 0) is 6.54 Å². The fourth-order valence-electron chi connectivity index (χ4n) is 2.60. The van der Waals surface area contributed by atoms with Gasteiger partial charge in [-0.1, -0.05) is 31.8 Å². The quantitative estimate of drug-likeness (QED) is 0.849. The van der Waals surface area contributed by atoms with Crippen molar-refractivity contribution in [3.8, 4) is 11.8 Å². The van der Waals surface area contributed by atoms with Gasteiger partial charge in [-0.25, -0.2) is 4.39 Å². The molecule has 2 atom stereocenters. The number of hydrogen-bond donors (Lipinski definition) is 1. The van der Waals surface area contributed by atoms with E-state index in [1.54, 1.807) is 0 Å². The molecule has 0 saturated carbocycles. The molecule has 0 amide bonds. The summed E-state index contributed by atoms with van der Waals surface area (Å²) in [6.07, 6.45) is 0. The molecule has 2 rings (SSSR count). The molecule has 20 heavy (non-hydrogen) atoms. The Bertz CT molecular complexity index is 511. The molecule has 0 aliphatic carbocycles. The van der Waals surface area contributed by atoms with Gasteiger partial charge in [-0.3, -0.25) is 4.90 Å². The van der Waals surface area contributed by atoms with Gasteiger partial charge in [0.05, 0.1) is 6.54 Å². The minimum absolute atomic E-state index is 0.244. The molecule has 1 aliphatic heterocycles. The maximum absolute atomic E-state index is 13.4. The lowest BCUT2D eigenvalue weighted by molar-refractivity contribution is 0.262. The lowest BCUT2D eigenvalue weighted by atomic mass is 10.1. The third kappa shape index (κ3) is 4.24. The number of benzene rings is 1. The molecular weight excluding hydrogens is 271 g/mol. The SMILES string of the molecule is CC1CN(Cc2ccc(F)cc2C#CCN)CC(C)S1. The van der Waals surface area contributed by atoms with Gasteiger partial charge in [0.25, 0.3) is 0 Å². The third-order valence-corrected chi connectivity index (χ3v) is 4.51. The van der Waals surface area contributed by atoms with Crippen molar-refractivity contribution in [1.29, 1.82) is 0 Å². The highest BCUT2D eigenvalue weighted by molar-refractivity contribution is 8.00. The van der Waals surface area contributed by atoms with Crippen molar-refractivity contribution in [1.82, 2.24) is 4.90 Å². The summed E-state index contributed by atoms with van der Waals surface area (Å²) in [5.41, 5.74) is 7.25. The summed E-state index contributed by atoms with van der Waals surface area (Å²) in [6.45, 7) is 7.76. The number of nitrogens with two attached hydrogens (primary N) is 1. The zero-order valence-corrected chi connectivity index (χ0v) is 12.8. The Hall–Kier alpha value is -1.02. The molecule has 1 saturated heterocycles. The summed E-state index contributed by atoms with van der Waals surface area (Å²) < 4.78 is 13.4. The van der Waals surface area contributed by atoms with Gasteiger partial charge < -0.3 is 5.73 Å². The summed E-state index contributed by atoms with van der Waals surface area (Å²) in [4.78, 5) is 2.42. The van der Waals surface area contributed by atoms with Gasteiger partial charge in [0.1, 0.15) is 5.82 Å². The highest BCUT2D eigenvalue weighted by Gasteiger charge is 2.22. The summed E-state index contributed by atoms with van der Waals surface area (Å²) in [5.74, 6) is 5.55. The maximum atomic E-state index is 13.4. The minimum Gasteiger partial charge on any atom is -0.320 e. The van der Waals surface area contributed by atoms with E-state index in [2.05, 4.69) is 30.6 Å². The van der Waals surface area contributed by atoms with Crippen LogP contribution in [0.1, 0.15) is 25.0 Å². The van der Waals surface area contributed by atoms with Crippen molar-refractivity contribution in [3.05, 3.63) is 35.1 Å². The van der Waals surface area contributed by atoms with Crippen LogP contribution in [-0.4, -0.2) is 35.0 Å². The van der Waals surface area contributed by atoms with Crippen LogP contribution in [0.15, 0.2) is 18.2 Å². The minimum atomic E-state index is -0.244. The molecule has 1 aromatic carbocycles. The van der Waals surface area contributed by atoms with Crippen LogP contribution in [0.2, 0.25) is 0 Å². The average Bonchev–Trinajstić information content (AvgIpc) is 2.38. The van der Waals surface area contributed by atoms with E-state index in [1.807, 2.05) is 17.8 Å². The molecular formula is C16H21FN2S. The summed E-state index contributed by atoms with van der Waals surface area (Å²) >= 11 is 2.03. The third-order valence-electron chi connectivity index (χ3n) is 3.29. The monoisotopic (exact) mass is 292 g/mol. The molecule has 1 aromatic rings. The maximum Gasteiger partial charge on any atom is 0.124 e. The molecule has 0 spiro atoms. The number of thioether (sulfide) groups is 1. The van der Waals surface area contributed by atoms with Crippen LogP contribution in [0.3, 0.4) is 0 Å². The Morgan fingerprint density at radius 2 is 2.05 bits per heavy atom. The van der Waals surface area contributed by atoms with Crippen molar-refractivity contribution < 1.29 is 4.39 Å². The second-order valence-corrected chi connectivity index (χ2v) is 7.14. The largest absolute Gasteiger partial charge is 0.320 e. The Morgan fingerprint density at radius 1 is 1.35 bits per heavy atom. The van der Waals surface area contributed by atoms with Crippen molar-refractivity contribution in [3.63, 3.8) is 0 Å². The van der Waals surface area contributed by atoms with Crippen LogP contribution >= 0.6 is 11.8 Å². The molecule has 0 bridgehead atoms. The summed E-state index contributed by atoms with van der Waals surface area (Å²) in [7, 11) is 0. The highest BCUT2D eigenvalue weighted by Crippen LogP contribution is 2.26. The van der Waals surface area contributed by atoms with E-state index in [1.165, 1.54) is 12.1 Å².